The van der Waals surface area contributed by atoms with E-state index in [2.05, 4.69) is 23.6 Å². The average molecular weight is 416 g/mol. The van der Waals surface area contributed by atoms with Crippen molar-refractivity contribution in [1.29, 1.82) is 0 Å². The lowest BCUT2D eigenvalue weighted by Gasteiger charge is -2.23. The number of nitrogens with zero attached hydrogens (tertiary/aromatic N) is 1. The van der Waals surface area contributed by atoms with Gasteiger partial charge in [0, 0.05) is 29.7 Å². The molecule has 31 heavy (non-hydrogen) atoms. The maximum Gasteiger partial charge on any atom is 0.258 e. The molecule has 2 aliphatic rings. The number of amides is 1. The Bertz CT molecular complexity index is 1190. The third-order valence-corrected chi connectivity index (χ3v) is 6.61. The van der Waals surface area contributed by atoms with Crippen molar-refractivity contribution >= 4 is 16.7 Å². The molecule has 2 fully saturated rings. The Balaban J connectivity index is 1.45. The van der Waals surface area contributed by atoms with Gasteiger partial charge in [0.15, 0.2) is 0 Å². The Labute approximate surface area is 182 Å². The highest BCUT2D eigenvalue weighted by Gasteiger charge is 2.24. The second-order valence-corrected chi connectivity index (χ2v) is 9.05. The lowest BCUT2D eigenvalue weighted by Crippen LogP contribution is -2.32. The van der Waals surface area contributed by atoms with Crippen molar-refractivity contribution in [2.45, 2.75) is 45.2 Å². The SMILES string of the molecule is Cc1ccc(C(=O)NC2CC2)cc1-c1ccc2c(=O)n(CC3CCNCC3)ccc2c1. The fraction of sp³-hybridized carbons (Fsp3) is 0.385. The van der Waals surface area contributed by atoms with Crippen molar-refractivity contribution < 1.29 is 4.79 Å². The molecular formula is C26H29N3O2. The zero-order valence-electron chi connectivity index (χ0n) is 18.0. The highest BCUT2D eigenvalue weighted by atomic mass is 16.1. The molecule has 1 aliphatic carbocycles. The molecule has 5 nitrogen and oxygen atoms in total. The average Bonchev–Trinajstić information content (AvgIpc) is 3.60. The van der Waals surface area contributed by atoms with Gasteiger partial charge >= 0.3 is 0 Å². The number of hydrogen-bond acceptors (Lipinski definition) is 3. The van der Waals surface area contributed by atoms with Crippen LogP contribution in [0.4, 0.5) is 0 Å². The van der Waals surface area contributed by atoms with Crippen molar-refractivity contribution in [3.05, 3.63) is 70.1 Å². The van der Waals surface area contributed by atoms with Gasteiger partial charge in [0.25, 0.3) is 11.5 Å². The van der Waals surface area contributed by atoms with Crippen LogP contribution in [-0.4, -0.2) is 29.6 Å². The fourth-order valence-electron chi connectivity index (χ4n) is 4.51. The first kappa shape index (κ1) is 20.0. The van der Waals surface area contributed by atoms with Crippen LogP contribution in [0.25, 0.3) is 21.9 Å². The quantitative estimate of drug-likeness (QED) is 0.665. The number of aryl methyl sites for hydroxylation is 1. The predicted octanol–water partition coefficient (Wildman–Crippen LogP) is 3.87. The van der Waals surface area contributed by atoms with Crippen LogP contribution in [-0.2, 0) is 6.54 Å². The van der Waals surface area contributed by atoms with Crippen LogP contribution < -0.4 is 16.2 Å². The third-order valence-electron chi connectivity index (χ3n) is 6.61. The summed E-state index contributed by atoms with van der Waals surface area (Å²) in [5.41, 5.74) is 3.94. The van der Waals surface area contributed by atoms with E-state index in [1.165, 1.54) is 0 Å². The number of nitrogens with one attached hydrogen (secondary N) is 2. The predicted molar refractivity (Wildman–Crippen MR) is 124 cm³/mol. The normalized spacial score (nSPS) is 17.1. The van der Waals surface area contributed by atoms with Gasteiger partial charge in [-0.15, -0.1) is 0 Å². The Morgan fingerprint density at radius 2 is 1.87 bits per heavy atom. The summed E-state index contributed by atoms with van der Waals surface area (Å²) in [4.78, 5) is 25.6. The van der Waals surface area contributed by atoms with E-state index in [9.17, 15) is 9.59 Å². The second-order valence-electron chi connectivity index (χ2n) is 9.05. The van der Waals surface area contributed by atoms with Gasteiger partial charge in [0.1, 0.15) is 0 Å². The minimum atomic E-state index is -0.00895. The van der Waals surface area contributed by atoms with Crippen LogP contribution in [0, 0.1) is 12.8 Å². The second kappa shape index (κ2) is 8.31. The molecule has 1 aromatic heterocycles. The Hall–Kier alpha value is -2.92. The van der Waals surface area contributed by atoms with E-state index >= 15 is 0 Å². The van der Waals surface area contributed by atoms with Crippen LogP contribution in [0.3, 0.4) is 0 Å². The van der Waals surface area contributed by atoms with Crippen molar-refractivity contribution in [3.8, 4) is 11.1 Å². The number of pyridine rings is 1. The van der Waals surface area contributed by atoms with E-state index in [1.807, 2.05) is 47.2 Å². The highest BCUT2D eigenvalue weighted by Crippen LogP contribution is 2.28. The number of hydrogen-bond donors (Lipinski definition) is 2. The van der Waals surface area contributed by atoms with Crippen molar-refractivity contribution in [2.75, 3.05) is 13.1 Å². The molecule has 0 bridgehead atoms. The molecule has 2 heterocycles. The Kier molecular flexibility index (Phi) is 5.36. The molecule has 1 saturated carbocycles. The lowest BCUT2D eigenvalue weighted by molar-refractivity contribution is 0.0951. The largest absolute Gasteiger partial charge is 0.349 e. The first-order valence-electron chi connectivity index (χ1n) is 11.3. The number of fused-ring (bicyclic) bond motifs is 1. The van der Waals surface area contributed by atoms with E-state index in [-0.39, 0.29) is 11.5 Å². The number of aromatic nitrogens is 1. The number of carbonyl (C=O) groups is 1. The van der Waals surface area contributed by atoms with Crippen molar-refractivity contribution in [1.82, 2.24) is 15.2 Å². The summed E-state index contributed by atoms with van der Waals surface area (Å²) in [7, 11) is 0. The first-order chi connectivity index (χ1) is 15.1. The van der Waals surface area contributed by atoms with Crippen LogP contribution in [0.5, 0.6) is 0 Å². The van der Waals surface area contributed by atoms with Gasteiger partial charge in [-0.2, -0.15) is 0 Å². The van der Waals surface area contributed by atoms with Gasteiger partial charge in [0.05, 0.1) is 0 Å². The molecule has 1 amide bonds. The molecule has 5 rings (SSSR count). The topological polar surface area (TPSA) is 63.1 Å². The zero-order valence-corrected chi connectivity index (χ0v) is 18.0. The first-order valence-corrected chi connectivity index (χ1v) is 11.3. The lowest BCUT2D eigenvalue weighted by atomic mass is 9.95. The molecule has 3 aromatic rings. The zero-order chi connectivity index (χ0) is 21.4. The van der Waals surface area contributed by atoms with E-state index in [0.29, 0.717) is 17.5 Å². The third kappa shape index (κ3) is 4.28. The van der Waals surface area contributed by atoms with E-state index in [0.717, 1.165) is 72.8 Å². The Morgan fingerprint density at radius 1 is 1.06 bits per heavy atom. The molecule has 160 valence electrons. The maximum atomic E-state index is 13.1. The molecule has 2 N–H and O–H groups in total. The fourth-order valence-corrected chi connectivity index (χ4v) is 4.51. The van der Waals surface area contributed by atoms with Gasteiger partial charge in [-0.3, -0.25) is 9.59 Å². The van der Waals surface area contributed by atoms with Crippen LogP contribution >= 0.6 is 0 Å². The molecule has 0 atom stereocenters. The maximum absolute atomic E-state index is 13.1. The number of piperidine rings is 1. The molecule has 1 saturated heterocycles. The van der Waals surface area contributed by atoms with Crippen LogP contribution in [0.1, 0.15) is 41.6 Å². The van der Waals surface area contributed by atoms with Gasteiger partial charge in [0.2, 0.25) is 0 Å². The summed E-state index contributed by atoms with van der Waals surface area (Å²) in [5.74, 6) is 0.549. The minimum Gasteiger partial charge on any atom is -0.349 e. The van der Waals surface area contributed by atoms with E-state index < -0.39 is 0 Å². The summed E-state index contributed by atoms with van der Waals surface area (Å²) in [6.07, 6.45) is 6.32. The van der Waals surface area contributed by atoms with E-state index in [1.54, 1.807) is 0 Å². The van der Waals surface area contributed by atoms with Crippen LogP contribution in [0.15, 0.2) is 53.5 Å². The number of carbonyl (C=O) groups excluding carboxylic acids is 1. The monoisotopic (exact) mass is 415 g/mol. The summed E-state index contributed by atoms with van der Waals surface area (Å²) in [5, 5.41) is 8.13. The molecule has 0 spiro atoms. The summed E-state index contributed by atoms with van der Waals surface area (Å²) < 4.78 is 1.87. The highest BCUT2D eigenvalue weighted by molar-refractivity contribution is 5.96. The van der Waals surface area contributed by atoms with Gasteiger partial charge in [-0.05, 0) is 104 Å². The number of rotatable bonds is 5. The van der Waals surface area contributed by atoms with E-state index in [4.69, 9.17) is 0 Å². The van der Waals surface area contributed by atoms with Gasteiger partial charge in [-0.1, -0.05) is 12.1 Å². The Morgan fingerprint density at radius 3 is 2.65 bits per heavy atom. The van der Waals surface area contributed by atoms with Crippen molar-refractivity contribution in [2.24, 2.45) is 5.92 Å². The minimum absolute atomic E-state index is 0.00895. The molecule has 2 aromatic carbocycles. The smallest absolute Gasteiger partial charge is 0.258 e. The van der Waals surface area contributed by atoms with Crippen LogP contribution in [0.2, 0.25) is 0 Å². The summed E-state index contributed by atoms with van der Waals surface area (Å²) >= 11 is 0. The van der Waals surface area contributed by atoms with Gasteiger partial charge < -0.3 is 15.2 Å². The molecule has 5 heteroatoms. The molecular weight excluding hydrogens is 386 g/mol. The van der Waals surface area contributed by atoms with Crippen molar-refractivity contribution in [3.63, 3.8) is 0 Å². The molecule has 1 aliphatic heterocycles. The summed E-state index contributed by atoms with van der Waals surface area (Å²) in [6.45, 7) is 4.91. The summed E-state index contributed by atoms with van der Waals surface area (Å²) in [6, 6.07) is 14.2. The standard InChI is InChI=1S/C26H29N3O2/c1-17-2-3-21(25(30)28-22-5-6-22)15-24(17)19-4-7-23-20(14-19)10-13-29(26(23)31)16-18-8-11-27-12-9-18/h2-4,7,10,13-15,18,22,27H,5-6,8-9,11-12,16H2,1H3,(H,28,30). The van der Waals surface area contributed by atoms with Gasteiger partial charge in [-0.25, -0.2) is 0 Å². The molecule has 0 unspecified atom stereocenters. The number of benzene rings is 2. The molecule has 0 radical (unpaired) electrons.